The number of carbonyl (C=O) groups is 1. The molecule has 0 saturated heterocycles. The van der Waals surface area contributed by atoms with E-state index in [1.54, 1.807) is 23.1 Å². The molecule has 0 saturated carbocycles. The molecule has 0 N–H and O–H groups in total. The molecule has 3 rings (SSSR count). The van der Waals surface area contributed by atoms with E-state index in [1.807, 2.05) is 53.2 Å². The molecule has 0 unspecified atom stereocenters. The molecule has 168 valence electrons. The van der Waals surface area contributed by atoms with Gasteiger partial charge in [0.05, 0.1) is 12.1 Å². The normalized spacial score (nSPS) is 11.8. The van der Waals surface area contributed by atoms with Crippen LogP contribution in [-0.2, 0) is 24.1 Å². The summed E-state index contributed by atoms with van der Waals surface area (Å²) in [6.45, 7) is 3.38. The summed E-state index contributed by atoms with van der Waals surface area (Å²) in [4.78, 5) is 14.7. The summed E-state index contributed by atoms with van der Waals surface area (Å²) in [6.07, 6.45) is 2.66. The van der Waals surface area contributed by atoms with Crippen LogP contribution in [0.2, 0.25) is 0 Å². The first-order chi connectivity index (χ1) is 15.4. The molecule has 3 nitrogen and oxygen atoms in total. The molecule has 0 bridgehead atoms. The molecule has 0 aliphatic rings. The molecule has 1 aromatic heterocycles. The molecule has 0 aliphatic carbocycles. The number of rotatable bonds is 9. The van der Waals surface area contributed by atoms with Gasteiger partial charge < -0.3 is 9.47 Å². The molecule has 1 heterocycles. The number of carbonyl (C=O) groups excluding carboxylic acids is 1. The van der Waals surface area contributed by atoms with Gasteiger partial charge in [-0.25, -0.2) is 0 Å². The molecule has 0 fully saturated rings. The van der Waals surface area contributed by atoms with Crippen LogP contribution in [0.5, 0.6) is 0 Å². The van der Waals surface area contributed by atoms with Gasteiger partial charge in [-0.15, -0.1) is 0 Å². The highest BCUT2D eigenvalue weighted by Crippen LogP contribution is 2.29. The average Bonchev–Trinajstić information content (AvgIpc) is 3.21. The van der Waals surface area contributed by atoms with Gasteiger partial charge in [0.15, 0.2) is 0 Å². The number of alkyl halides is 3. The molecular weight excluding hydrogens is 413 g/mol. The van der Waals surface area contributed by atoms with Gasteiger partial charge in [-0.1, -0.05) is 55.8 Å². The van der Waals surface area contributed by atoms with Gasteiger partial charge in [-0.05, 0) is 47.9 Å². The minimum atomic E-state index is -4.37. The third-order valence-corrected chi connectivity index (χ3v) is 5.19. The van der Waals surface area contributed by atoms with Crippen molar-refractivity contribution in [3.05, 3.63) is 101 Å². The van der Waals surface area contributed by atoms with E-state index in [0.717, 1.165) is 30.2 Å². The first kappa shape index (κ1) is 23.4. The summed E-state index contributed by atoms with van der Waals surface area (Å²) in [7, 11) is 0. The lowest BCUT2D eigenvalue weighted by atomic mass is 10.1. The molecule has 0 radical (unpaired) electrons. The van der Waals surface area contributed by atoms with Gasteiger partial charge >= 0.3 is 6.18 Å². The summed E-state index contributed by atoms with van der Waals surface area (Å²) < 4.78 is 41.0. The summed E-state index contributed by atoms with van der Waals surface area (Å²) >= 11 is 0. The Balaban J connectivity index is 1.75. The predicted molar refractivity (Wildman–Crippen MR) is 121 cm³/mol. The van der Waals surface area contributed by atoms with E-state index in [9.17, 15) is 18.0 Å². The number of halogens is 3. The fourth-order valence-corrected chi connectivity index (χ4v) is 3.44. The summed E-state index contributed by atoms with van der Waals surface area (Å²) in [6, 6.07) is 18.7. The Hall–Kier alpha value is -3.28. The van der Waals surface area contributed by atoms with Crippen LogP contribution in [0.3, 0.4) is 0 Å². The molecule has 3 aromatic rings. The zero-order valence-electron chi connectivity index (χ0n) is 18.1. The Morgan fingerprint density at radius 3 is 2.53 bits per heavy atom. The number of hydrogen-bond donors (Lipinski definition) is 0. The smallest absolute Gasteiger partial charge is 0.345 e. The van der Waals surface area contributed by atoms with Crippen LogP contribution < -0.4 is 0 Å². The van der Waals surface area contributed by atoms with Crippen molar-refractivity contribution in [2.75, 3.05) is 6.54 Å². The van der Waals surface area contributed by atoms with E-state index in [4.69, 9.17) is 0 Å². The standard InChI is InChI=1S/C26H27F3N2O/c1-2-3-16-31(25(32)15-14-21-9-5-4-6-10-21)20-24-13-8-17-30(24)19-22-11-7-12-23(18-22)26(27,28)29/h4-15,17-18H,2-3,16,19-20H2,1H3/b15-14+. The second-order valence-corrected chi connectivity index (χ2v) is 7.68. The second kappa shape index (κ2) is 10.8. The first-order valence-corrected chi connectivity index (χ1v) is 10.7. The minimum Gasteiger partial charge on any atom is -0.345 e. The van der Waals surface area contributed by atoms with Crippen LogP contribution in [0.4, 0.5) is 13.2 Å². The van der Waals surface area contributed by atoms with Crippen LogP contribution in [-0.4, -0.2) is 21.9 Å². The van der Waals surface area contributed by atoms with E-state index in [2.05, 4.69) is 6.92 Å². The highest BCUT2D eigenvalue weighted by molar-refractivity contribution is 5.91. The number of unbranched alkanes of at least 4 members (excludes halogenated alkanes) is 1. The fourth-order valence-electron chi connectivity index (χ4n) is 3.44. The molecule has 6 heteroatoms. The van der Waals surface area contributed by atoms with Gasteiger partial charge in [0.2, 0.25) is 5.91 Å². The largest absolute Gasteiger partial charge is 0.416 e. The van der Waals surface area contributed by atoms with E-state index in [-0.39, 0.29) is 5.91 Å². The number of nitrogens with zero attached hydrogens (tertiary/aromatic N) is 2. The Kier molecular flexibility index (Phi) is 7.92. The summed E-state index contributed by atoms with van der Waals surface area (Å²) in [5, 5.41) is 0. The second-order valence-electron chi connectivity index (χ2n) is 7.68. The summed E-state index contributed by atoms with van der Waals surface area (Å²) in [5.74, 6) is -0.0888. The Labute approximate surface area is 186 Å². The lowest BCUT2D eigenvalue weighted by molar-refractivity contribution is -0.137. The lowest BCUT2D eigenvalue weighted by Gasteiger charge is -2.22. The number of hydrogen-bond acceptors (Lipinski definition) is 1. The van der Waals surface area contributed by atoms with Crippen molar-refractivity contribution in [3.8, 4) is 0 Å². The lowest BCUT2D eigenvalue weighted by Crippen LogP contribution is -2.31. The maximum Gasteiger partial charge on any atom is 0.416 e. The Morgan fingerprint density at radius 1 is 1.03 bits per heavy atom. The van der Waals surface area contributed by atoms with Crippen LogP contribution in [0.25, 0.3) is 6.08 Å². The number of benzene rings is 2. The third kappa shape index (κ3) is 6.61. The summed E-state index contributed by atoms with van der Waals surface area (Å²) in [5.41, 5.74) is 1.73. The average molecular weight is 441 g/mol. The molecular formula is C26H27F3N2O. The van der Waals surface area contributed by atoms with E-state index in [0.29, 0.717) is 25.2 Å². The fraction of sp³-hybridized carbons (Fsp3) is 0.269. The number of amides is 1. The van der Waals surface area contributed by atoms with Crippen molar-refractivity contribution in [2.24, 2.45) is 0 Å². The first-order valence-electron chi connectivity index (χ1n) is 10.7. The van der Waals surface area contributed by atoms with Crippen LogP contribution in [0.1, 0.15) is 42.1 Å². The molecule has 0 atom stereocenters. The topological polar surface area (TPSA) is 25.2 Å². The molecule has 0 spiro atoms. The van der Waals surface area contributed by atoms with Crippen molar-refractivity contribution >= 4 is 12.0 Å². The van der Waals surface area contributed by atoms with Gasteiger partial charge in [0.25, 0.3) is 0 Å². The maximum atomic E-state index is 13.0. The highest BCUT2D eigenvalue weighted by Gasteiger charge is 2.30. The van der Waals surface area contributed by atoms with Gasteiger partial charge in [-0.2, -0.15) is 13.2 Å². The van der Waals surface area contributed by atoms with Crippen molar-refractivity contribution < 1.29 is 18.0 Å². The molecule has 32 heavy (non-hydrogen) atoms. The van der Waals surface area contributed by atoms with Gasteiger partial charge in [-0.3, -0.25) is 4.79 Å². The van der Waals surface area contributed by atoms with Gasteiger partial charge in [0.1, 0.15) is 0 Å². The van der Waals surface area contributed by atoms with Crippen molar-refractivity contribution in [1.29, 1.82) is 0 Å². The molecule has 2 aromatic carbocycles. The molecule has 0 aliphatic heterocycles. The van der Waals surface area contributed by atoms with Crippen molar-refractivity contribution in [3.63, 3.8) is 0 Å². The zero-order valence-corrected chi connectivity index (χ0v) is 18.1. The van der Waals surface area contributed by atoms with Crippen molar-refractivity contribution in [2.45, 2.75) is 39.0 Å². The minimum absolute atomic E-state index is 0.0888. The van der Waals surface area contributed by atoms with Crippen molar-refractivity contribution in [1.82, 2.24) is 9.47 Å². The number of aromatic nitrogens is 1. The van der Waals surface area contributed by atoms with E-state index >= 15 is 0 Å². The predicted octanol–water partition coefficient (Wildman–Crippen LogP) is 6.40. The maximum absolute atomic E-state index is 13.0. The van der Waals surface area contributed by atoms with Gasteiger partial charge in [0, 0.05) is 31.1 Å². The van der Waals surface area contributed by atoms with Crippen LogP contribution >= 0.6 is 0 Å². The highest BCUT2D eigenvalue weighted by atomic mass is 19.4. The third-order valence-electron chi connectivity index (χ3n) is 5.19. The van der Waals surface area contributed by atoms with Crippen LogP contribution in [0.15, 0.2) is 79.0 Å². The Morgan fingerprint density at radius 2 is 1.81 bits per heavy atom. The van der Waals surface area contributed by atoms with E-state index in [1.165, 1.54) is 12.1 Å². The zero-order chi connectivity index (χ0) is 23.0. The Bertz CT molecular complexity index is 1040. The van der Waals surface area contributed by atoms with Crippen LogP contribution in [0, 0.1) is 0 Å². The SMILES string of the molecule is CCCCN(Cc1cccn1Cc1cccc(C(F)(F)F)c1)C(=O)/C=C/c1ccccc1. The monoisotopic (exact) mass is 440 g/mol. The quantitative estimate of drug-likeness (QED) is 0.354. The van der Waals surface area contributed by atoms with E-state index < -0.39 is 11.7 Å². The molecule has 1 amide bonds.